The van der Waals surface area contributed by atoms with Crippen molar-refractivity contribution in [3.05, 3.63) is 59.4 Å². The van der Waals surface area contributed by atoms with Crippen molar-refractivity contribution in [3.63, 3.8) is 0 Å². The molecule has 0 saturated carbocycles. The van der Waals surface area contributed by atoms with Gasteiger partial charge in [-0.15, -0.1) is 24.0 Å². The number of rotatable bonds is 6. The Morgan fingerprint density at radius 1 is 1.18 bits per heavy atom. The average Bonchev–Trinajstić information content (AvgIpc) is 3.27. The van der Waals surface area contributed by atoms with Gasteiger partial charge >= 0.3 is 0 Å². The molecule has 0 bridgehead atoms. The van der Waals surface area contributed by atoms with E-state index in [1.165, 1.54) is 16.8 Å². The van der Waals surface area contributed by atoms with Gasteiger partial charge in [0.1, 0.15) is 0 Å². The van der Waals surface area contributed by atoms with Crippen LogP contribution in [0.4, 0.5) is 0 Å². The first-order chi connectivity index (χ1) is 13.1. The lowest BCUT2D eigenvalue weighted by Crippen LogP contribution is -2.39. The quantitative estimate of drug-likeness (QED) is 0.290. The van der Waals surface area contributed by atoms with Gasteiger partial charge in [-0.1, -0.05) is 24.3 Å². The lowest BCUT2D eigenvalue weighted by Gasteiger charge is -2.22. The minimum absolute atomic E-state index is 0. The molecule has 0 saturated heterocycles. The number of aryl methyl sites for hydroxylation is 1. The van der Waals surface area contributed by atoms with Crippen LogP contribution in [0.3, 0.4) is 0 Å². The second-order valence-corrected chi connectivity index (χ2v) is 7.06. The van der Waals surface area contributed by atoms with Crippen molar-refractivity contribution in [2.45, 2.75) is 32.5 Å². The zero-order chi connectivity index (χ0) is 19.2. The molecule has 2 aromatic rings. The Bertz CT molecular complexity index is 792. The van der Waals surface area contributed by atoms with Gasteiger partial charge in [-0.2, -0.15) is 0 Å². The molecule has 3 rings (SSSR count). The van der Waals surface area contributed by atoms with Gasteiger partial charge in [0.15, 0.2) is 5.96 Å². The van der Waals surface area contributed by atoms with Gasteiger partial charge in [-0.3, -0.25) is 9.79 Å². The monoisotopic (exact) mass is 495 g/mol. The molecule has 2 heterocycles. The Balaban J connectivity index is 0.00000280. The molecular weight excluding hydrogens is 465 g/mol. The van der Waals surface area contributed by atoms with Gasteiger partial charge in [0.25, 0.3) is 0 Å². The summed E-state index contributed by atoms with van der Waals surface area (Å²) in [6, 6.07) is 12.4. The number of aliphatic imine (C=N–C) groups is 1. The van der Waals surface area contributed by atoms with Gasteiger partial charge in [0.2, 0.25) is 5.91 Å². The molecule has 152 valence electrons. The van der Waals surface area contributed by atoms with E-state index in [0.29, 0.717) is 6.42 Å². The number of amides is 1. The first-order valence-electron chi connectivity index (χ1n) is 9.45. The number of carbonyl (C=O) groups is 1. The summed E-state index contributed by atoms with van der Waals surface area (Å²) in [4.78, 5) is 20.8. The number of nitrogens with zero attached hydrogens (tertiary/aromatic N) is 4. The van der Waals surface area contributed by atoms with Crippen molar-refractivity contribution in [1.29, 1.82) is 0 Å². The van der Waals surface area contributed by atoms with Crippen LogP contribution in [0.2, 0.25) is 0 Å². The lowest BCUT2D eigenvalue weighted by molar-refractivity contribution is -0.131. The SMILES string of the molecule is CN=C(NCCCC(=O)N1Cc2ccccc2C1)N(C)Cc1cccn1C.I. The molecule has 1 aliphatic rings. The maximum atomic E-state index is 12.5. The fraction of sp³-hybridized carbons (Fsp3) is 0.429. The Kier molecular flexibility index (Phi) is 8.35. The first kappa shape index (κ1) is 22.3. The topological polar surface area (TPSA) is 52.9 Å². The summed E-state index contributed by atoms with van der Waals surface area (Å²) in [5.41, 5.74) is 3.77. The van der Waals surface area contributed by atoms with Crippen molar-refractivity contribution in [2.75, 3.05) is 20.6 Å². The van der Waals surface area contributed by atoms with Gasteiger partial charge in [0.05, 0.1) is 6.54 Å². The summed E-state index contributed by atoms with van der Waals surface area (Å²) in [5, 5.41) is 3.36. The molecule has 0 aliphatic carbocycles. The Morgan fingerprint density at radius 3 is 2.43 bits per heavy atom. The molecular formula is C21H30IN5O. The van der Waals surface area contributed by atoms with Crippen molar-refractivity contribution in [3.8, 4) is 0 Å². The van der Waals surface area contributed by atoms with Crippen LogP contribution in [0.15, 0.2) is 47.6 Å². The summed E-state index contributed by atoms with van der Waals surface area (Å²) >= 11 is 0. The number of hydrogen-bond acceptors (Lipinski definition) is 2. The maximum absolute atomic E-state index is 12.5. The summed E-state index contributed by atoms with van der Waals surface area (Å²) in [6.45, 7) is 3.00. The van der Waals surface area contributed by atoms with Gasteiger partial charge in [-0.25, -0.2) is 0 Å². The zero-order valence-electron chi connectivity index (χ0n) is 16.9. The van der Waals surface area contributed by atoms with E-state index in [4.69, 9.17) is 0 Å². The van der Waals surface area contributed by atoms with E-state index in [0.717, 1.165) is 38.6 Å². The number of benzene rings is 1. The predicted octanol–water partition coefficient (Wildman–Crippen LogP) is 2.97. The molecule has 0 spiro atoms. The molecule has 0 unspecified atom stereocenters. The highest BCUT2D eigenvalue weighted by atomic mass is 127. The Hall–Kier alpha value is -2.03. The Labute approximate surface area is 184 Å². The van der Waals surface area contributed by atoms with E-state index in [-0.39, 0.29) is 29.9 Å². The molecule has 0 radical (unpaired) electrons. The minimum Gasteiger partial charge on any atom is -0.356 e. The van der Waals surface area contributed by atoms with Crippen LogP contribution < -0.4 is 5.32 Å². The number of aromatic nitrogens is 1. The zero-order valence-corrected chi connectivity index (χ0v) is 19.2. The Morgan fingerprint density at radius 2 is 1.86 bits per heavy atom. The highest BCUT2D eigenvalue weighted by Gasteiger charge is 2.22. The van der Waals surface area contributed by atoms with Gasteiger partial charge in [-0.05, 0) is 29.7 Å². The average molecular weight is 495 g/mol. The maximum Gasteiger partial charge on any atom is 0.223 e. The number of guanidine groups is 1. The molecule has 1 amide bonds. The fourth-order valence-electron chi connectivity index (χ4n) is 3.47. The van der Waals surface area contributed by atoms with Crippen LogP contribution in [0.5, 0.6) is 0 Å². The highest BCUT2D eigenvalue weighted by Crippen LogP contribution is 2.22. The molecule has 1 aromatic heterocycles. The van der Waals surface area contributed by atoms with E-state index in [9.17, 15) is 4.79 Å². The number of carbonyl (C=O) groups excluding carboxylic acids is 1. The van der Waals surface area contributed by atoms with E-state index in [2.05, 4.69) is 38.0 Å². The smallest absolute Gasteiger partial charge is 0.223 e. The largest absolute Gasteiger partial charge is 0.356 e. The predicted molar refractivity (Wildman–Crippen MR) is 124 cm³/mol. The third-order valence-electron chi connectivity index (χ3n) is 5.07. The van der Waals surface area contributed by atoms with Crippen molar-refractivity contribution in [1.82, 2.24) is 19.7 Å². The van der Waals surface area contributed by atoms with E-state index >= 15 is 0 Å². The molecule has 6 nitrogen and oxygen atoms in total. The van der Waals surface area contributed by atoms with Crippen LogP contribution >= 0.6 is 24.0 Å². The second-order valence-electron chi connectivity index (χ2n) is 7.06. The molecule has 7 heteroatoms. The fourth-order valence-corrected chi connectivity index (χ4v) is 3.47. The number of nitrogens with one attached hydrogen (secondary N) is 1. The second kappa shape index (κ2) is 10.5. The molecule has 0 atom stereocenters. The molecule has 1 N–H and O–H groups in total. The molecule has 0 fully saturated rings. The van der Waals surface area contributed by atoms with Crippen LogP contribution in [-0.2, 0) is 31.5 Å². The van der Waals surface area contributed by atoms with E-state index in [1.807, 2.05) is 43.4 Å². The standard InChI is InChI=1S/C21H29N5O.HI/c1-22-21(25(3)16-19-10-7-13-24(19)2)23-12-6-11-20(27)26-14-17-8-4-5-9-18(17)15-26;/h4-5,7-10,13H,6,11-12,14-16H2,1-3H3,(H,22,23);1H. The summed E-state index contributed by atoms with van der Waals surface area (Å²) in [7, 11) is 5.85. The van der Waals surface area contributed by atoms with Gasteiger partial charge in [0, 0.05) is 59.1 Å². The highest BCUT2D eigenvalue weighted by molar-refractivity contribution is 14.0. The van der Waals surface area contributed by atoms with Crippen LogP contribution in [0.1, 0.15) is 29.7 Å². The minimum atomic E-state index is 0. The van der Waals surface area contributed by atoms with Crippen LogP contribution in [-0.4, -0.2) is 46.9 Å². The number of fused-ring (bicyclic) bond motifs is 1. The molecule has 1 aliphatic heterocycles. The van der Waals surface area contributed by atoms with Crippen molar-refractivity contribution in [2.24, 2.45) is 12.0 Å². The normalized spacial score (nSPS) is 13.1. The molecule has 1 aromatic carbocycles. The van der Waals surface area contributed by atoms with E-state index < -0.39 is 0 Å². The van der Waals surface area contributed by atoms with Crippen LogP contribution in [0, 0.1) is 0 Å². The third kappa shape index (κ3) is 5.50. The lowest BCUT2D eigenvalue weighted by atomic mass is 10.1. The summed E-state index contributed by atoms with van der Waals surface area (Å²) in [5.74, 6) is 1.07. The van der Waals surface area contributed by atoms with Gasteiger partial charge < -0.3 is 19.7 Å². The van der Waals surface area contributed by atoms with E-state index in [1.54, 1.807) is 7.05 Å². The third-order valence-corrected chi connectivity index (χ3v) is 5.07. The summed E-state index contributed by atoms with van der Waals surface area (Å²) < 4.78 is 2.11. The number of halogens is 1. The molecule has 28 heavy (non-hydrogen) atoms. The van der Waals surface area contributed by atoms with Crippen molar-refractivity contribution >= 4 is 35.8 Å². The summed E-state index contributed by atoms with van der Waals surface area (Å²) in [6.07, 6.45) is 3.39. The number of hydrogen-bond donors (Lipinski definition) is 1. The van der Waals surface area contributed by atoms with Crippen LogP contribution in [0.25, 0.3) is 0 Å². The first-order valence-corrected chi connectivity index (χ1v) is 9.45. The van der Waals surface area contributed by atoms with Crippen molar-refractivity contribution < 1.29 is 4.79 Å².